The van der Waals surface area contributed by atoms with Crippen LogP contribution in [0.15, 0.2) is 18.7 Å². The van der Waals surface area contributed by atoms with E-state index in [0.29, 0.717) is 12.1 Å². The maximum Gasteiger partial charge on any atom is 0.181 e. The van der Waals surface area contributed by atoms with Crippen molar-refractivity contribution in [2.75, 3.05) is 0 Å². The topological polar surface area (TPSA) is 60.7 Å². The van der Waals surface area contributed by atoms with Crippen LogP contribution in [0.2, 0.25) is 0 Å². The maximum absolute atomic E-state index is 11.9. The quantitative estimate of drug-likeness (QED) is 0.742. The van der Waals surface area contributed by atoms with Crippen LogP contribution < -0.4 is 0 Å². The van der Waals surface area contributed by atoms with Crippen molar-refractivity contribution < 1.29 is 4.79 Å². The first kappa shape index (κ1) is 10.1. The first-order valence-electron chi connectivity index (χ1n) is 5.64. The van der Waals surface area contributed by atoms with Crippen molar-refractivity contribution in [2.45, 2.75) is 26.2 Å². The summed E-state index contributed by atoms with van der Waals surface area (Å²) in [5, 5.41) is 4.13. The lowest BCUT2D eigenvalue weighted by Crippen LogP contribution is -2.17. The molecule has 5 heteroatoms. The number of pyridine rings is 1. The standard InChI is InChI=1S/C12H12N4O/c1-8-5-10(16-7-13-6-14-16)9-3-2-4-11(17)12(9)15-8/h5-7H,2-4H2,1H3. The Hall–Kier alpha value is -2.04. The molecule has 2 heterocycles. The number of rotatable bonds is 1. The summed E-state index contributed by atoms with van der Waals surface area (Å²) >= 11 is 0. The number of aromatic nitrogens is 4. The second-order valence-electron chi connectivity index (χ2n) is 4.23. The van der Waals surface area contributed by atoms with Crippen molar-refractivity contribution in [1.29, 1.82) is 0 Å². The van der Waals surface area contributed by atoms with Crippen LogP contribution in [0.1, 0.15) is 34.6 Å². The molecule has 0 N–H and O–H groups in total. The SMILES string of the molecule is Cc1cc(-n2cncn2)c2c(n1)C(=O)CCC2. The number of carbonyl (C=O) groups excluding carboxylic acids is 1. The fraction of sp³-hybridized carbons (Fsp3) is 0.333. The molecule has 86 valence electrons. The van der Waals surface area contributed by atoms with Gasteiger partial charge >= 0.3 is 0 Å². The molecule has 1 aliphatic carbocycles. The smallest absolute Gasteiger partial charge is 0.181 e. The minimum absolute atomic E-state index is 0.135. The van der Waals surface area contributed by atoms with E-state index >= 15 is 0 Å². The van der Waals surface area contributed by atoms with Crippen LogP contribution in [-0.4, -0.2) is 25.5 Å². The molecule has 0 bridgehead atoms. The molecule has 0 saturated carbocycles. The second-order valence-corrected chi connectivity index (χ2v) is 4.23. The van der Waals surface area contributed by atoms with Gasteiger partial charge in [0.15, 0.2) is 5.78 Å². The molecule has 0 amide bonds. The van der Waals surface area contributed by atoms with E-state index in [2.05, 4.69) is 15.1 Å². The molecule has 1 aliphatic rings. The first-order chi connectivity index (χ1) is 8.25. The molecular formula is C12H12N4O. The third-order valence-corrected chi connectivity index (χ3v) is 2.99. The van der Waals surface area contributed by atoms with Gasteiger partial charge in [-0.2, -0.15) is 5.10 Å². The molecule has 0 spiro atoms. The van der Waals surface area contributed by atoms with Crippen LogP contribution in [0.25, 0.3) is 5.69 Å². The Labute approximate surface area is 98.5 Å². The van der Waals surface area contributed by atoms with E-state index in [-0.39, 0.29) is 5.78 Å². The highest BCUT2D eigenvalue weighted by Gasteiger charge is 2.22. The van der Waals surface area contributed by atoms with Crippen LogP contribution in [0.3, 0.4) is 0 Å². The van der Waals surface area contributed by atoms with E-state index in [1.54, 1.807) is 11.0 Å². The molecule has 0 atom stereocenters. The summed E-state index contributed by atoms with van der Waals surface area (Å²) in [6.07, 6.45) is 5.50. The lowest BCUT2D eigenvalue weighted by molar-refractivity contribution is 0.0967. The summed E-state index contributed by atoms with van der Waals surface area (Å²) in [7, 11) is 0. The lowest BCUT2D eigenvalue weighted by Gasteiger charge is -2.18. The van der Waals surface area contributed by atoms with Crippen molar-refractivity contribution >= 4 is 5.78 Å². The summed E-state index contributed by atoms with van der Waals surface area (Å²) in [4.78, 5) is 20.1. The van der Waals surface area contributed by atoms with Gasteiger partial charge in [-0.3, -0.25) is 4.79 Å². The molecule has 0 fully saturated rings. The zero-order valence-corrected chi connectivity index (χ0v) is 9.55. The van der Waals surface area contributed by atoms with Gasteiger partial charge in [-0.05, 0) is 25.8 Å². The number of carbonyl (C=O) groups is 1. The van der Waals surface area contributed by atoms with Gasteiger partial charge in [0.05, 0.1) is 5.69 Å². The number of hydrogen-bond donors (Lipinski definition) is 0. The molecule has 2 aromatic heterocycles. The zero-order chi connectivity index (χ0) is 11.8. The number of ketones is 1. The molecule has 3 rings (SSSR count). The van der Waals surface area contributed by atoms with Crippen LogP contribution in [0.4, 0.5) is 0 Å². The zero-order valence-electron chi connectivity index (χ0n) is 9.55. The first-order valence-corrected chi connectivity index (χ1v) is 5.64. The van der Waals surface area contributed by atoms with Gasteiger partial charge in [0.1, 0.15) is 18.3 Å². The third-order valence-electron chi connectivity index (χ3n) is 2.99. The second kappa shape index (κ2) is 3.76. The number of fused-ring (bicyclic) bond motifs is 1. The van der Waals surface area contributed by atoms with Crippen LogP contribution in [0, 0.1) is 6.92 Å². The van der Waals surface area contributed by atoms with Crippen LogP contribution in [-0.2, 0) is 6.42 Å². The van der Waals surface area contributed by atoms with Crippen molar-refractivity contribution in [3.05, 3.63) is 35.7 Å². The fourth-order valence-electron chi connectivity index (χ4n) is 2.24. The Bertz CT molecular complexity index is 574. The Morgan fingerprint density at radius 2 is 2.24 bits per heavy atom. The van der Waals surface area contributed by atoms with Gasteiger partial charge in [0.2, 0.25) is 0 Å². The molecule has 5 nitrogen and oxygen atoms in total. The number of nitrogens with zero attached hydrogens (tertiary/aromatic N) is 4. The van der Waals surface area contributed by atoms with E-state index in [9.17, 15) is 4.79 Å². The minimum atomic E-state index is 0.135. The summed E-state index contributed by atoms with van der Waals surface area (Å²) in [5.41, 5.74) is 3.38. The van der Waals surface area contributed by atoms with Gasteiger partial charge in [0, 0.05) is 17.7 Å². The molecule has 0 saturated heterocycles. The van der Waals surface area contributed by atoms with Gasteiger partial charge in [-0.15, -0.1) is 0 Å². The van der Waals surface area contributed by atoms with E-state index in [1.165, 1.54) is 6.33 Å². The Kier molecular flexibility index (Phi) is 2.24. The number of hydrogen-bond acceptors (Lipinski definition) is 4. The van der Waals surface area contributed by atoms with Gasteiger partial charge in [0.25, 0.3) is 0 Å². The average molecular weight is 228 g/mol. The van der Waals surface area contributed by atoms with E-state index < -0.39 is 0 Å². The van der Waals surface area contributed by atoms with E-state index in [0.717, 1.165) is 29.8 Å². The van der Waals surface area contributed by atoms with Gasteiger partial charge in [-0.25, -0.2) is 14.6 Å². The Balaban J connectivity index is 2.25. The van der Waals surface area contributed by atoms with Gasteiger partial charge in [-0.1, -0.05) is 0 Å². The highest BCUT2D eigenvalue weighted by atomic mass is 16.1. The molecule has 0 aliphatic heterocycles. The van der Waals surface area contributed by atoms with E-state index in [1.807, 2.05) is 13.0 Å². The Morgan fingerprint density at radius 1 is 1.35 bits per heavy atom. The summed E-state index contributed by atoms with van der Waals surface area (Å²) in [5.74, 6) is 0.135. The predicted molar refractivity (Wildman–Crippen MR) is 61.2 cm³/mol. The highest BCUT2D eigenvalue weighted by molar-refractivity contribution is 5.97. The molecule has 0 radical (unpaired) electrons. The third kappa shape index (κ3) is 1.63. The van der Waals surface area contributed by atoms with Crippen LogP contribution >= 0.6 is 0 Å². The molecule has 2 aromatic rings. The average Bonchev–Trinajstić information content (AvgIpc) is 2.83. The van der Waals surface area contributed by atoms with Gasteiger partial charge < -0.3 is 0 Å². The Morgan fingerprint density at radius 3 is 3.00 bits per heavy atom. The summed E-state index contributed by atoms with van der Waals surface area (Å²) in [6, 6.07) is 1.95. The van der Waals surface area contributed by atoms with Crippen molar-refractivity contribution in [1.82, 2.24) is 19.7 Å². The minimum Gasteiger partial charge on any atom is -0.292 e. The lowest BCUT2D eigenvalue weighted by atomic mass is 9.93. The molecule has 17 heavy (non-hydrogen) atoms. The number of aryl methyl sites for hydroxylation is 1. The van der Waals surface area contributed by atoms with Crippen molar-refractivity contribution in [2.24, 2.45) is 0 Å². The normalized spacial score (nSPS) is 14.8. The van der Waals surface area contributed by atoms with Crippen molar-refractivity contribution in [3.8, 4) is 5.69 Å². The highest BCUT2D eigenvalue weighted by Crippen LogP contribution is 2.25. The van der Waals surface area contributed by atoms with Crippen molar-refractivity contribution in [3.63, 3.8) is 0 Å². The number of Topliss-reactive ketones (excluding diaryl/α,β-unsaturated/α-hetero) is 1. The monoisotopic (exact) mass is 228 g/mol. The molecular weight excluding hydrogens is 216 g/mol. The van der Waals surface area contributed by atoms with Crippen LogP contribution in [0.5, 0.6) is 0 Å². The predicted octanol–water partition coefficient (Wildman–Crippen LogP) is 1.49. The summed E-state index contributed by atoms with van der Waals surface area (Å²) < 4.78 is 1.70. The summed E-state index contributed by atoms with van der Waals surface area (Å²) in [6.45, 7) is 1.89. The molecule has 0 unspecified atom stereocenters. The maximum atomic E-state index is 11.9. The molecule has 0 aromatic carbocycles. The fourth-order valence-corrected chi connectivity index (χ4v) is 2.24. The largest absolute Gasteiger partial charge is 0.292 e. The van der Waals surface area contributed by atoms with E-state index in [4.69, 9.17) is 0 Å².